The largest absolute Gasteiger partial charge is 0.497 e. The molecule has 1 N–H and O–H groups in total. The van der Waals surface area contributed by atoms with Gasteiger partial charge in [0.05, 0.1) is 37.1 Å². The van der Waals surface area contributed by atoms with E-state index in [0.717, 1.165) is 53.9 Å². The smallest absolute Gasteiger partial charge is 0.230 e. The normalized spacial score (nSPS) is 15.1. The van der Waals surface area contributed by atoms with Gasteiger partial charge < -0.3 is 14.8 Å². The first-order chi connectivity index (χ1) is 15.5. The van der Waals surface area contributed by atoms with Crippen molar-refractivity contribution < 1.29 is 14.3 Å². The number of benzene rings is 2. The molecule has 1 aliphatic heterocycles. The van der Waals surface area contributed by atoms with E-state index < -0.39 is 0 Å². The molecule has 0 spiro atoms. The number of morpholine rings is 1. The van der Waals surface area contributed by atoms with E-state index in [4.69, 9.17) is 14.5 Å². The van der Waals surface area contributed by atoms with Crippen molar-refractivity contribution in [3.8, 4) is 11.4 Å². The molecule has 1 aromatic heterocycles. The van der Waals surface area contributed by atoms with Gasteiger partial charge in [0.2, 0.25) is 5.91 Å². The molecule has 0 atom stereocenters. The zero-order chi connectivity index (χ0) is 22.6. The van der Waals surface area contributed by atoms with Crippen molar-refractivity contribution in [2.24, 2.45) is 0 Å². The number of imidazole rings is 1. The highest BCUT2D eigenvalue weighted by Crippen LogP contribution is 2.29. The van der Waals surface area contributed by atoms with Crippen molar-refractivity contribution in [2.45, 2.75) is 24.5 Å². The Balaban J connectivity index is 1.45. The molecule has 8 heteroatoms. The lowest BCUT2D eigenvalue weighted by atomic mass is 10.0. The molecule has 1 saturated heterocycles. The van der Waals surface area contributed by atoms with Crippen molar-refractivity contribution in [3.05, 3.63) is 48.5 Å². The van der Waals surface area contributed by atoms with Gasteiger partial charge in [-0.3, -0.25) is 14.3 Å². The van der Waals surface area contributed by atoms with Gasteiger partial charge in [-0.25, -0.2) is 4.98 Å². The summed E-state index contributed by atoms with van der Waals surface area (Å²) in [5, 5.41) is 3.89. The number of rotatable bonds is 8. The number of nitrogens with zero attached hydrogens (tertiary/aromatic N) is 3. The summed E-state index contributed by atoms with van der Waals surface area (Å²) in [4.78, 5) is 19.8. The van der Waals surface area contributed by atoms with Gasteiger partial charge in [0.15, 0.2) is 5.16 Å². The van der Waals surface area contributed by atoms with Gasteiger partial charge in [-0.2, -0.15) is 0 Å². The van der Waals surface area contributed by atoms with Crippen LogP contribution in [0.25, 0.3) is 16.7 Å². The maximum atomic E-state index is 12.7. The Bertz CT molecular complexity index is 1060. The molecule has 0 aliphatic carbocycles. The molecule has 3 aromatic rings. The zero-order valence-electron chi connectivity index (χ0n) is 18.8. The number of aromatic nitrogens is 2. The lowest BCUT2D eigenvalue weighted by molar-refractivity contribution is -0.119. The van der Waals surface area contributed by atoms with E-state index in [9.17, 15) is 4.79 Å². The van der Waals surface area contributed by atoms with Crippen LogP contribution in [0.4, 0.5) is 0 Å². The first-order valence-electron chi connectivity index (χ1n) is 10.8. The van der Waals surface area contributed by atoms with Crippen LogP contribution in [0, 0.1) is 0 Å². The summed E-state index contributed by atoms with van der Waals surface area (Å²) < 4.78 is 12.8. The van der Waals surface area contributed by atoms with Crippen molar-refractivity contribution in [2.75, 3.05) is 45.7 Å². The fraction of sp³-hybridized carbons (Fsp3) is 0.417. The number of para-hydroxylation sites is 2. The van der Waals surface area contributed by atoms with Crippen molar-refractivity contribution in [3.63, 3.8) is 0 Å². The Morgan fingerprint density at radius 1 is 1.16 bits per heavy atom. The monoisotopic (exact) mass is 454 g/mol. The zero-order valence-corrected chi connectivity index (χ0v) is 19.7. The topological polar surface area (TPSA) is 68.6 Å². The number of hydrogen-bond acceptors (Lipinski definition) is 6. The lowest BCUT2D eigenvalue weighted by Crippen LogP contribution is -2.55. The van der Waals surface area contributed by atoms with E-state index in [1.807, 2.05) is 48.5 Å². The van der Waals surface area contributed by atoms with Gasteiger partial charge >= 0.3 is 0 Å². The number of fused-ring (bicyclic) bond motifs is 1. The molecule has 1 amide bonds. The number of carbonyl (C=O) groups is 1. The van der Waals surface area contributed by atoms with Crippen molar-refractivity contribution in [1.82, 2.24) is 19.8 Å². The molecule has 1 aliphatic rings. The summed E-state index contributed by atoms with van der Waals surface area (Å²) in [6.45, 7) is 8.20. The number of amides is 1. The molecule has 32 heavy (non-hydrogen) atoms. The third-order valence-corrected chi connectivity index (χ3v) is 6.72. The second-order valence-corrected chi connectivity index (χ2v) is 9.34. The summed E-state index contributed by atoms with van der Waals surface area (Å²) in [5.74, 6) is 1.11. The first-order valence-corrected chi connectivity index (χ1v) is 11.8. The Morgan fingerprint density at radius 2 is 1.88 bits per heavy atom. The number of hydrogen-bond donors (Lipinski definition) is 1. The molecule has 7 nitrogen and oxygen atoms in total. The second kappa shape index (κ2) is 9.94. The Kier molecular flexibility index (Phi) is 7.03. The minimum Gasteiger partial charge on any atom is -0.497 e. The molecule has 0 bridgehead atoms. The van der Waals surface area contributed by atoms with Crippen LogP contribution in [0.15, 0.2) is 53.7 Å². The van der Waals surface area contributed by atoms with Crippen LogP contribution in [-0.4, -0.2) is 71.6 Å². The number of thioether (sulfide) groups is 1. The highest BCUT2D eigenvalue weighted by atomic mass is 32.2. The first kappa shape index (κ1) is 22.6. The Morgan fingerprint density at radius 3 is 2.59 bits per heavy atom. The third-order valence-electron chi connectivity index (χ3n) is 5.78. The van der Waals surface area contributed by atoms with E-state index in [1.54, 1.807) is 7.11 Å². The standard InChI is InChI=1S/C24H30N4O3S/c1-24(2,27-12-14-31-15-13-27)17-25-22(29)16-32-23-26-20-6-4-5-7-21(20)28(23)18-8-10-19(30-3)11-9-18/h4-11H,12-17H2,1-3H3,(H,25,29). The molecule has 2 heterocycles. The fourth-order valence-corrected chi connectivity index (χ4v) is 4.72. The van der Waals surface area contributed by atoms with Gasteiger partial charge in [0.1, 0.15) is 5.75 Å². The molecule has 170 valence electrons. The van der Waals surface area contributed by atoms with E-state index in [1.165, 1.54) is 11.8 Å². The maximum absolute atomic E-state index is 12.7. The summed E-state index contributed by atoms with van der Waals surface area (Å²) in [6, 6.07) is 15.9. The molecule has 0 radical (unpaired) electrons. The molecular weight excluding hydrogens is 424 g/mol. The molecule has 0 saturated carbocycles. The van der Waals surface area contributed by atoms with Gasteiger partial charge in [-0.05, 0) is 50.2 Å². The molecule has 1 fully saturated rings. The number of nitrogens with one attached hydrogen (secondary N) is 1. The number of ether oxygens (including phenoxy) is 2. The van der Waals surface area contributed by atoms with E-state index in [0.29, 0.717) is 12.3 Å². The highest BCUT2D eigenvalue weighted by Gasteiger charge is 2.28. The summed E-state index contributed by atoms with van der Waals surface area (Å²) in [6.07, 6.45) is 0. The fourth-order valence-electron chi connectivity index (χ4n) is 3.86. The van der Waals surface area contributed by atoms with E-state index >= 15 is 0 Å². The predicted octanol–water partition coefficient (Wildman–Crippen LogP) is 3.35. The Labute approximate surface area is 193 Å². The third kappa shape index (κ3) is 5.09. The van der Waals surface area contributed by atoms with Crippen LogP contribution in [0.5, 0.6) is 5.75 Å². The van der Waals surface area contributed by atoms with Crippen LogP contribution in [0.3, 0.4) is 0 Å². The van der Waals surface area contributed by atoms with Crippen LogP contribution in [-0.2, 0) is 9.53 Å². The number of methoxy groups -OCH3 is 1. The van der Waals surface area contributed by atoms with Gasteiger partial charge in [-0.15, -0.1) is 0 Å². The minimum atomic E-state index is -0.111. The Hall–Kier alpha value is -2.55. The van der Waals surface area contributed by atoms with Crippen LogP contribution in [0.2, 0.25) is 0 Å². The summed E-state index contributed by atoms with van der Waals surface area (Å²) in [5.41, 5.74) is 2.78. The highest BCUT2D eigenvalue weighted by molar-refractivity contribution is 7.99. The molecule has 4 rings (SSSR count). The van der Waals surface area contributed by atoms with Crippen molar-refractivity contribution >= 4 is 28.7 Å². The van der Waals surface area contributed by atoms with Crippen LogP contribution in [0.1, 0.15) is 13.8 Å². The maximum Gasteiger partial charge on any atom is 0.230 e. The van der Waals surface area contributed by atoms with Crippen LogP contribution < -0.4 is 10.1 Å². The van der Waals surface area contributed by atoms with E-state index in [-0.39, 0.29) is 11.4 Å². The number of carbonyl (C=O) groups excluding carboxylic acids is 1. The summed E-state index contributed by atoms with van der Waals surface area (Å²) in [7, 11) is 1.65. The average molecular weight is 455 g/mol. The summed E-state index contributed by atoms with van der Waals surface area (Å²) >= 11 is 1.45. The minimum absolute atomic E-state index is 0.00433. The lowest BCUT2D eigenvalue weighted by Gasteiger charge is -2.40. The predicted molar refractivity (Wildman–Crippen MR) is 128 cm³/mol. The molecule has 0 unspecified atom stereocenters. The van der Waals surface area contributed by atoms with Crippen LogP contribution >= 0.6 is 11.8 Å². The molecule has 2 aromatic carbocycles. The van der Waals surface area contributed by atoms with Gasteiger partial charge in [-0.1, -0.05) is 23.9 Å². The SMILES string of the molecule is COc1ccc(-n2c(SCC(=O)NCC(C)(C)N3CCOCC3)nc3ccccc32)cc1. The second-order valence-electron chi connectivity index (χ2n) is 8.39. The average Bonchev–Trinajstić information content (AvgIpc) is 3.20. The molecular formula is C24H30N4O3S. The van der Waals surface area contributed by atoms with Gasteiger partial charge in [0, 0.05) is 30.9 Å². The van der Waals surface area contributed by atoms with Crippen molar-refractivity contribution in [1.29, 1.82) is 0 Å². The quantitative estimate of drug-likeness (QED) is 0.527. The van der Waals surface area contributed by atoms with E-state index in [2.05, 4.69) is 28.6 Å². The van der Waals surface area contributed by atoms with Gasteiger partial charge in [0.25, 0.3) is 0 Å².